The maximum Gasteiger partial charge on any atom is 0.262 e. The second-order valence-corrected chi connectivity index (χ2v) is 7.26. The smallest absolute Gasteiger partial charge is 0.262 e. The lowest BCUT2D eigenvalue weighted by Crippen LogP contribution is -2.20. The number of amides is 1. The Morgan fingerprint density at radius 3 is 2.56 bits per heavy atom. The van der Waals surface area contributed by atoms with Crippen molar-refractivity contribution in [1.29, 1.82) is 0 Å². The molecule has 166 valence electrons. The number of para-hydroxylation sites is 1. The Kier molecular flexibility index (Phi) is 7.44. The van der Waals surface area contributed by atoms with Crippen LogP contribution in [0.3, 0.4) is 0 Å². The second-order valence-electron chi connectivity index (χ2n) is 7.26. The molecule has 0 saturated heterocycles. The summed E-state index contributed by atoms with van der Waals surface area (Å²) in [6.07, 6.45) is 4.78. The molecule has 1 N–H and O–H groups in total. The van der Waals surface area contributed by atoms with Crippen LogP contribution in [0, 0.1) is 13.8 Å². The maximum absolute atomic E-state index is 12.4. The molecule has 0 radical (unpaired) electrons. The van der Waals surface area contributed by atoms with Gasteiger partial charge in [0, 0.05) is 18.4 Å². The van der Waals surface area contributed by atoms with Crippen LogP contribution in [0.1, 0.15) is 34.1 Å². The van der Waals surface area contributed by atoms with Crippen molar-refractivity contribution in [3.05, 3.63) is 77.1 Å². The van der Waals surface area contributed by atoms with E-state index in [9.17, 15) is 9.59 Å². The van der Waals surface area contributed by atoms with Crippen molar-refractivity contribution in [2.75, 3.05) is 18.5 Å². The molecule has 2 aromatic carbocycles. The fourth-order valence-corrected chi connectivity index (χ4v) is 3.06. The molecule has 0 saturated carbocycles. The van der Waals surface area contributed by atoms with Crippen molar-refractivity contribution in [3.63, 3.8) is 0 Å². The lowest BCUT2D eigenvalue weighted by molar-refractivity contribution is -0.118. The number of carbonyl (C=O) groups excluding carboxylic acids is 2. The van der Waals surface area contributed by atoms with Gasteiger partial charge in [0.05, 0.1) is 18.4 Å². The van der Waals surface area contributed by atoms with Crippen LogP contribution in [0.5, 0.6) is 11.5 Å². The zero-order valence-electron chi connectivity index (χ0n) is 18.7. The fraction of sp³-hybridized carbons (Fsp3) is 0.240. The first-order valence-corrected chi connectivity index (χ1v) is 10.3. The van der Waals surface area contributed by atoms with Crippen LogP contribution in [0.25, 0.3) is 6.08 Å². The van der Waals surface area contributed by atoms with Crippen molar-refractivity contribution >= 4 is 23.5 Å². The van der Waals surface area contributed by atoms with E-state index in [-0.39, 0.29) is 18.3 Å². The van der Waals surface area contributed by atoms with Crippen molar-refractivity contribution in [1.82, 2.24) is 9.78 Å². The number of aryl methyl sites for hydroxylation is 2. The highest BCUT2D eigenvalue weighted by Gasteiger charge is 2.12. The Labute approximate surface area is 187 Å². The molecule has 1 amide bonds. The van der Waals surface area contributed by atoms with Crippen molar-refractivity contribution in [2.24, 2.45) is 7.05 Å². The molecule has 0 aliphatic heterocycles. The number of carbonyl (C=O) groups is 2. The minimum Gasteiger partial charge on any atom is -0.490 e. The predicted octanol–water partition coefficient (Wildman–Crippen LogP) is 4.35. The molecule has 7 nitrogen and oxygen atoms in total. The van der Waals surface area contributed by atoms with Gasteiger partial charge in [-0.05, 0) is 56.2 Å². The van der Waals surface area contributed by atoms with Gasteiger partial charge in [-0.25, -0.2) is 0 Å². The van der Waals surface area contributed by atoms with Gasteiger partial charge in [0.25, 0.3) is 5.91 Å². The summed E-state index contributed by atoms with van der Waals surface area (Å²) in [7, 11) is 1.80. The quantitative estimate of drug-likeness (QED) is 0.401. The average Bonchev–Trinajstić information content (AvgIpc) is 3.11. The Morgan fingerprint density at radius 1 is 1.09 bits per heavy atom. The van der Waals surface area contributed by atoms with E-state index in [1.54, 1.807) is 42.2 Å². The van der Waals surface area contributed by atoms with Gasteiger partial charge >= 0.3 is 0 Å². The zero-order valence-corrected chi connectivity index (χ0v) is 18.7. The summed E-state index contributed by atoms with van der Waals surface area (Å²) < 4.78 is 13.0. The van der Waals surface area contributed by atoms with Crippen LogP contribution in [0.2, 0.25) is 0 Å². The summed E-state index contributed by atoms with van der Waals surface area (Å²) >= 11 is 0. The standard InChI is InChI=1S/C25H27N3O4/c1-5-31-24-14-19(10-12-22(29)20-15-26-28(4)18(20)3)11-13-23(24)32-16-25(30)27-21-9-7-6-8-17(21)2/h6-15H,5,16H2,1-4H3,(H,27,30)/b12-10+. The number of hydrogen-bond donors (Lipinski definition) is 1. The van der Waals surface area contributed by atoms with E-state index in [1.165, 1.54) is 6.08 Å². The molecule has 3 aromatic rings. The summed E-state index contributed by atoms with van der Waals surface area (Å²) in [6, 6.07) is 12.9. The van der Waals surface area contributed by atoms with Gasteiger partial charge in [0.1, 0.15) is 0 Å². The number of anilines is 1. The molecule has 0 atom stereocenters. The number of nitrogens with one attached hydrogen (secondary N) is 1. The van der Waals surface area contributed by atoms with E-state index in [1.807, 2.05) is 45.0 Å². The normalized spacial score (nSPS) is 10.9. The van der Waals surface area contributed by atoms with E-state index < -0.39 is 0 Å². The maximum atomic E-state index is 12.4. The molecule has 0 aliphatic rings. The molecule has 0 spiro atoms. The van der Waals surface area contributed by atoms with Gasteiger partial charge in [-0.2, -0.15) is 5.10 Å². The first kappa shape index (κ1) is 22.8. The third kappa shape index (κ3) is 5.63. The first-order chi connectivity index (χ1) is 15.4. The molecule has 0 bridgehead atoms. The zero-order chi connectivity index (χ0) is 23.1. The summed E-state index contributed by atoms with van der Waals surface area (Å²) in [5, 5.41) is 6.94. The minimum absolute atomic E-state index is 0.123. The van der Waals surface area contributed by atoms with Gasteiger partial charge in [-0.1, -0.05) is 30.3 Å². The second kappa shape index (κ2) is 10.4. The van der Waals surface area contributed by atoms with E-state index >= 15 is 0 Å². The van der Waals surface area contributed by atoms with Gasteiger partial charge < -0.3 is 14.8 Å². The van der Waals surface area contributed by atoms with E-state index in [0.29, 0.717) is 23.7 Å². The molecule has 7 heteroatoms. The summed E-state index contributed by atoms with van der Waals surface area (Å²) in [6.45, 7) is 5.93. The van der Waals surface area contributed by atoms with Crippen LogP contribution >= 0.6 is 0 Å². The molecule has 1 aromatic heterocycles. The lowest BCUT2D eigenvalue weighted by atomic mass is 10.1. The highest BCUT2D eigenvalue weighted by Crippen LogP contribution is 2.29. The third-order valence-corrected chi connectivity index (χ3v) is 4.97. The predicted molar refractivity (Wildman–Crippen MR) is 124 cm³/mol. The number of nitrogens with zero attached hydrogens (tertiary/aromatic N) is 2. The Morgan fingerprint density at radius 2 is 1.88 bits per heavy atom. The number of benzene rings is 2. The van der Waals surface area contributed by atoms with Gasteiger partial charge in [0.2, 0.25) is 0 Å². The summed E-state index contributed by atoms with van der Waals surface area (Å²) in [5.41, 5.74) is 3.87. The highest BCUT2D eigenvalue weighted by atomic mass is 16.5. The van der Waals surface area contributed by atoms with Crippen LogP contribution in [0.4, 0.5) is 5.69 Å². The van der Waals surface area contributed by atoms with E-state index in [4.69, 9.17) is 9.47 Å². The van der Waals surface area contributed by atoms with Crippen molar-refractivity contribution in [3.8, 4) is 11.5 Å². The number of rotatable bonds is 9. The number of allylic oxidation sites excluding steroid dienone is 1. The van der Waals surface area contributed by atoms with Crippen LogP contribution in [-0.2, 0) is 11.8 Å². The molecule has 1 heterocycles. The lowest BCUT2D eigenvalue weighted by Gasteiger charge is -2.13. The third-order valence-electron chi connectivity index (χ3n) is 4.97. The topological polar surface area (TPSA) is 82.4 Å². The Balaban J connectivity index is 1.67. The molecular formula is C25H27N3O4. The SMILES string of the molecule is CCOc1cc(/C=C/C(=O)c2cnn(C)c2C)ccc1OCC(=O)Nc1ccccc1C. The average molecular weight is 434 g/mol. The molecule has 3 rings (SSSR count). The molecular weight excluding hydrogens is 406 g/mol. The Bertz CT molecular complexity index is 1150. The molecule has 0 fully saturated rings. The highest BCUT2D eigenvalue weighted by molar-refractivity contribution is 6.07. The Hall–Kier alpha value is -3.87. The van der Waals surface area contributed by atoms with Crippen molar-refractivity contribution in [2.45, 2.75) is 20.8 Å². The number of ether oxygens (including phenoxy) is 2. The first-order valence-electron chi connectivity index (χ1n) is 10.3. The van der Waals surface area contributed by atoms with E-state index in [2.05, 4.69) is 10.4 Å². The van der Waals surface area contributed by atoms with Gasteiger partial charge in [0.15, 0.2) is 23.9 Å². The van der Waals surface area contributed by atoms with Crippen molar-refractivity contribution < 1.29 is 19.1 Å². The summed E-state index contributed by atoms with van der Waals surface area (Å²) in [4.78, 5) is 24.7. The largest absolute Gasteiger partial charge is 0.490 e. The van der Waals surface area contributed by atoms with Crippen LogP contribution in [-0.4, -0.2) is 34.7 Å². The van der Waals surface area contributed by atoms with Crippen LogP contribution < -0.4 is 14.8 Å². The van der Waals surface area contributed by atoms with E-state index in [0.717, 1.165) is 22.5 Å². The van der Waals surface area contributed by atoms with Crippen LogP contribution in [0.15, 0.2) is 54.7 Å². The monoisotopic (exact) mass is 433 g/mol. The number of hydrogen-bond acceptors (Lipinski definition) is 5. The van der Waals surface area contributed by atoms with Gasteiger partial charge in [-0.3, -0.25) is 14.3 Å². The summed E-state index contributed by atoms with van der Waals surface area (Å²) in [5.74, 6) is 0.576. The fourth-order valence-electron chi connectivity index (χ4n) is 3.06. The molecule has 32 heavy (non-hydrogen) atoms. The number of ketones is 1. The molecule has 0 unspecified atom stereocenters. The minimum atomic E-state index is -0.261. The van der Waals surface area contributed by atoms with Gasteiger partial charge in [-0.15, -0.1) is 0 Å². The number of aromatic nitrogens is 2. The molecule has 0 aliphatic carbocycles.